The van der Waals surface area contributed by atoms with Crippen LogP contribution in [-0.2, 0) is 9.53 Å². The molecule has 0 saturated heterocycles. The van der Waals surface area contributed by atoms with E-state index in [1.807, 2.05) is 36.6 Å². The predicted molar refractivity (Wildman–Crippen MR) is 106 cm³/mol. The first-order valence-electron chi connectivity index (χ1n) is 8.71. The number of hydrogen-bond donors (Lipinski definition) is 0. The van der Waals surface area contributed by atoms with Gasteiger partial charge in [0.2, 0.25) is 0 Å². The van der Waals surface area contributed by atoms with E-state index in [2.05, 4.69) is 41.2 Å². The number of carbonyl (C=O) groups excluding carboxylic acids is 1. The quantitative estimate of drug-likeness (QED) is 0.474. The van der Waals surface area contributed by atoms with Crippen molar-refractivity contribution in [3.8, 4) is 17.1 Å². The summed E-state index contributed by atoms with van der Waals surface area (Å²) in [5, 5.41) is 9.33. The van der Waals surface area contributed by atoms with Gasteiger partial charge in [0.25, 0.3) is 0 Å². The first-order valence-corrected chi connectivity index (χ1v) is 9.70. The number of thioether (sulfide) groups is 1. The summed E-state index contributed by atoms with van der Waals surface area (Å²) in [7, 11) is 0. The monoisotopic (exact) mass is 382 g/mol. The van der Waals surface area contributed by atoms with Gasteiger partial charge in [-0.05, 0) is 63.1 Å². The SMILES string of the molecule is Cc1ccc(-n2c(SCC(=O)OC(C)C)nnc2-c2ccncc2)cc1C. The Kier molecular flexibility index (Phi) is 5.91. The van der Waals surface area contributed by atoms with E-state index in [1.54, 1.807) is 12.4 Å². The Bertz CT molecular complexity index is 938. The number of hydrogen-bond acceptors (Lipinski definition) is 6. The highest BCUT2D eigenvalue weighted by Crippen LogP contribution is 2.28. The molecule has 2 heterocycles. The topological polar surface area (TPSA) is 69.9 Å². The summed E-state index contributed by atoms with van der Waals surface area (Å²) in [5.74, 6) is 0.618. The van der Waals surface area contributed by atoms with Crippen molar-refractivity contribution in [2.75, 3.05) is 5.75 Å². The lowest BCUT2D eigenvalue weighted by atomic mass is 10.1. The molecule has 0 N–H and O–H groups in total. The van der Waals surface area contributed by atoms with Crippen molar-refractivity contribution in [1.29, 1.82) is 0 Å². The molecule has 0 aliphatic heterocycles. The molecule has 27 heavy (non-hydrogen) atoms. The number of nitrogens with zero attached hydrogens (tertiary/aromatic N) is 4. The third kappa shape index (κ3) is 4.54. The molecule has 0 bridgehead atoms. The largest absolute Gasteiger partial charge is 0.462 e. The molecule has 2 aromatic heterocycles. The molecule has 3 rings (SSSR count). The van der Waals surface area contributed by atoms with E-state index in [0.29, 0.717) is 11.0 Å². The first-order chi connectivity index (χ1) is 13.0. The summed E-state index contributed by atoms with van der Waals surface area (Å²) in [6.45, 7) is 7.82. The minimum absolute atomic E-state index is 0.136. The number of benzene rings is 1. The molecular formula is C20H22N4O2S. The minimum Gasteiger partial charge on any atom is -0.462 e. The van der Waals surface area contributed by atoms with Crippen molar-refractivity contribution in [2.24, 2.45) is 0 Å². The summed E-state index contributed by atoms with van der Waals surface area (Å²) in [6, 6.07) is 9.99. The van der Waals surface area contributed by atoms with E-state index in [4.69, 9.17) is 4.74 Å². The number of ether oxygens (including phenoxy) is 1. The maximum absolute atomic E-state index is 11.9. The van der Waals surface area contributed by atoms with Gasteiger partial charge < -0.3 is 4.74 Å². The van der Waals surface area contributed by atoms with Crippen molar-refractivity contribution in [3.63, 3.8) is 0 Å². The Morgan fingerprint density at radius 2 is 1.85 bits per heavy atom. The van der Waals surface area contributed by atoms with Crippen molar-refractivity contribution in [3.05, 3.63) is 53.9 Å². The molecule has 0 unspecified atom stereocenters. The van der Waals surface area contributed by atoms with Gasteiger partial charge in [0, 0.05) is 18.0 Å². The van der Waals surface area contributed by atoms with Crippen LogP contribution in [0.1, 0.15) is 25.0 Å². The normalized spacial score (nSPS) is 11.0. The standard InChI is InChI=1S/C20H22N4O2S/c1-13(2)26-18(25)12-27-20-23-22-19(16-7-9-21-10-8-16)24(20)17-6-5-14(3)15(4)11-17/h5-11,13H,12H2,1-4H3. The van der Waals surface area contributed by atoms with Gasteiger partial charge in [-0.15, -0.1) is 10.2 Å². The van der Waals surface area contributed by atoms with Gasteiger partial charge in [-0.1, -0.05) is 17.8 Å². The summed E-state index contributed by atoms with van der Waals surface area (Å²) in [4.78, 5) is 16.0. The highest BCUT2D eigenvalue weighted by Gasteiger charge is 2.18. The van der Waals surface area contributed by atoms with E-state index < -0.39 is 0 Å². The zero-order valence-electron chi connectivity index (χ0n) is 15.8. The highest BCUT2D eigenvalue weighted by molar-refractivity contribution is 7.99. The number of pyridine rings is 1. The van der Waals surface area contributed by atoms with Crippen molar-refractivity contribution in [2.45, 2.75) is 39.0 Å². The molecule has 140 valence electrons. The Labute approximate surface area is 163 Å². The second kappa shape index (κ2) is 8.35. The summed E-state index contributed by atoms with van der Waals surface area (Å²) in [5.41, 5.74) is 4.26. The third-order valence-electron chi connectivity index (χ3n) is 4.01. The average Bonchev–Trinajstić information content (AvgIpc) is 3.06. The fourth-order valence-corrected chi connectivity index (χ4v) is 3.30. The van der Waals surface area contributed by atoms with Crippen LogP contribution >= 0.6 is 11.8 Å². The maximum Gasteiger partial charge on any atom is 0.316 e. The van der Waals surface area contributed by atoms with E-state index in [1.165, 1.54) is 22.9 Å². The van der Waals surface area contributed by atoms with Gasteiger partial charge >= 0.3 is 5.97 Å². The van der Waals surface area contributed by atoms with Gasteiger partial charge in [-0.3, -0.25) is 14.3 Å². The van der Waals surface area contributed by atoms with Crippen LogP contribution in [0.4, 0.5) is 0 Å². The number of carbonyl (C=O) groups is 1. The molecule has 7 heteroatoms. The molecule has 6 nitrogen and oxygen atoms in total. The smallest absolute Gasteiger partial charge is 0.316 e. The van der Waals surface area contributed by atoms with Crippen molar-refractivity contribution < 1.29 is 9.53 Å². The lowest BCUT2D eigenvalue weighted by Crippen LogP contribution is -2.13. The zero-order chi connectivity index (χ0) is 19.4. The lowest BCUT2D eigenvalue weighted by Gasteiger charge is -2.12. The average molecular weight is 382 g/mol. The van der Waals surface area contributed by atoms with E-state index >= 15 is 0 Å². The van der Waals surface area contributed by atoms with Crippen LogP contribution < -0.4 is 0 Å². The number of rotatable bonds is 6. The lowest BCUT2D eigenvalue weighted by molar-refractivity contribution is -0.144. The molecule has 0 amide bonds. The third-order valence-corrected chi connectivity index (χ3v) is 4.91. The number of aromatic nitrogens is 4. The molecule has 0 atom stereocenters. The van der Waals surface area contributed by atoms with Crippen LogP contribution in [0.5, 0.6) is 0 Å². The zero-order valence-corrected chi connectivity index (χ0v) is 16.7. The minimum atomic E-state index is -0.268. The second-order valence-corrected chi connectivity index (χ2v) is 7.42. The molecule has 1 aromatic carbocycles. The van der Waals surface area contributed by atoms with Crippen LogP contribution in [0.25, 0.3) is 17.1 Å². The van der Waals surface area contributed by atoms with Gasteiger partial charge in [0.15, 0.2) is 11.0 Å². The van der Waals surface area contributed by atoms with E-state index in [9.17, 15) is 4.79 Å². The molecule has 0 saturated carbocycles. The Balaban J connectivity index is 2.00. The van der Waals surface area contributed by atoms with E-state index in [-0.39, 0.29) is 17.8 Å². The molecule has 0 aliphatic rings. The summed E-state index contributed by atoms with van der Waals surface area (Å²) < 4.78 is 7.19. The summed E-state index contributed by atoms with van der Waals surface area (Å²) in [6.07, 6.45) is 3.31. The van der Waals surface area contributed by atoms with Crippen molar-refractivity contribution >= 4 is 17.7 Å². The Morgan fingerprint density at radius 3 is 2.52 bits per heavy atom. The van der Waals surface area contributed by atoms with Crippen molar-refractivity contribution in [1.82, 2.24) is 19.7 Å². The van der Waals surface area contributed by atoms with Crippen LogP contribution in [0, 0.1) is 13.8 Å². The predicted octanol–water partition coefficient (Wildman–Crippen LogP) is 3.99. The number of aryl methyl sites for hydroxylation is 2. The van der Waals surface area contributed by atoms with Crippen LogP contribution in [0.15, 0.2) is 47.9 Å². The molecule has 0 radical (unpaired) electrons. The van der Waals surface area contributed by atoms with Gasteiger partial charge in [-0.25, -0.2) is 0 Å². The molecule has 0 spiro atoms. The van der Waals surface area contributed by atoms with Gasteiger partial charge in [0.1, 0.15) is 0 Å². The maximum atomic E-state index is 11.9. The van der Waals surface area contributed by atoms with Crippen LogP contribution in [0.2, 0.25) is 0 Å². The molecule has 0 fully saturated rings. The molecule has 3 aromatic rings. The summed E-state index contributed by atoms with van der Waals surface area (Å²) >= 11 is 1.32. The molecular weight excluding hydrogens is 360 g/mol. The Hall–Kier alpha value is -2.67. The second-order valence-electron chi connectivity index (χ2n) is 6.47. The number of esters is 1. The van der Waals surface area contributed by atoms with Gasteiger partial charge in [-0.2, -0.15) is 0 Å². The van der Waals surface area contributed by atoms with E-state index in [0.717, 1.165) is 11.3 Å². The fourth-order valence-electron chi connectivity index (χ4n) is 2.57. The molecule has 0 aliphatic carbocycles. The fraction of sp³-hybridized carbons (Fsp3) is 0.300. The highest BCUT2D eigenvalue weighted by atomic mass is 32.2. The first kappa shape index (κ1) is 19.1. The van der Waals surface area contributed by atoms with Gasteiger partial charge in [0.05, 0.1) is 17.5 Å². The van der Waals surface area contributed by atoms with Crippen LogP contribution in [0.3, 0.4) is 0 Å². The Morgan fingerprint density at radius 1 is 1.11 bits per heavy atom. The van der Waals surface area contributed by atoms with Crippen LogP contribution in [-0.4, -0.2) is 37.6 Å².